The molecule has 1 fully saturated rings. The Kier molecular flexibility index (Phi) is 7.19. The molecule has 1 aliphatic carbocycles. The number of guanidine groups is 1. The molecule has 7 heteroatoms. The maximum atomic E-state index is 14.4. The lowest BCUT2D eigenvalue weighted by Gasteiger charge is -2.27. The second-order valence-electron chi connectivity index (χ2n) is 6.90. The van der Waals surface area contributed by atoms with Gasteiger partial charge in [-0.2, -0.15) is 0 Å². The molecule has 0 atom stereocenters. The largest absolute Gasteiger partial charge is 0.453 e. The minimum Gasteiger partial charge on any atom is -0.453 e. The van der Waals surface area contributed by atoms with E-state index < -0.39 is 5.82 Å². The van der Waals surface area contributed by atoms with Crippen molar-refractivity contribution in [1.82, 2.24) is 15.6 Å². The highest BCUT2D eigenvalue weighted by atomic mass is 19.1. The molecule has 1 aromatic heterocycles. The fraction of sp³-hybridized carbons (Fsp3) is 0.429. The molecule has 3 N–H and O–H groups in total. The van der Waals surface area contributed by atoms with Crippen LogP contribution in [0.4, 0.5) is 4.39 Å². The van der Waals surface area contributed by atoms with Gasteiger partial charge >= 0.3 is 0 Å². The molecule has 0 radical (unpaired) electrons. The lowest BCUT2D eigenvalue weighted by atomic mass is 9.93. The van der Waals surface area contributed by atoms with E-state index in [-0.39, 0.29) is 11.9 Å². The summed E-state index contributed by atoms with van der Waals surface area (Å²) in [5.74, 6) is 0.922. The average Bonchev–Trinajstić information content (AvgIpc) is 2.71. The van der Waals surface area contributed by atoms with Crippen LogP contribution in [0.1, 0.15) is 38.2 Å². The van der Waals surface area contributed by atoms with Crippen molar-refractivity contribution in [3.8, 4) is 11.5 Å². The third-order valence-electron chi connectivity index (χ3n) is 4.66. The second kappa shape index (κ2) is 10.0. The first-order valence-electron chi connectivity index (χ1n) is 9.73. The van der Waals surface area contributed by atoms with Gasteiger partial charge in [0.15, 0.2) is 17.5 Å². The fourth-order valence-corrected chi connectivity index (χ4v) is 3.16. The van der Waals surface area contributed by atoms with Gasteiger partial charge in [0.05, 0.1) is 18.8 Å². The van der Waals surface area contributed by atoms with Crippen molar-refractivity contribution >= 4 is 5.96 Å². The minimum atomic E-state index is -0.434. The summed E-state index contributed by atoms with van der Waals surface area (Å²) in [5, 5.41) is 16.3. The zero-order valence-electron chi connectivity index (χ0n) is 16.1. The number of aliphatic hydroxyl groups excluding tert-OH is 1. The Balaban J connectivity index is 1.61. The Morgan fingerprint density at radius 2 is 2.11 bits per heavy atom. The van der Waals surface area contributed by atoms with Crippen LogP contribution in [0.2, 0.25) is 0 Å². The number of rotatable bonds is 6. The molecule has 3 rings (SSSR count). The average molecular weight is 386 g/mol. The van der Waals surface area contributed by atoms with Crippen molar-refractivity contribution in [2.45, 2.75) is 51.3 Å². The molecule has 0 spiro atoms. The minimum absolute atomic E-state index is 0.159. The van der Waals surface area contributed by atoms with Gasteiger partial charge in [0.1, 0.15) is 5.75 Å². The second-order valence-corrected chi connectivity index (χ2v) is 6.90. The van der Waals surface area contributed by atoms with E-state index in [0.29, 0.717) is 24.3 Å². The number of nitrogens with one attached hydrogen (secondary N) is 2. The number of hydrogen-bond donors (Lipinski definition) is 3. The number of aliphatic imine (C=N–C) groups is 1. The van der Waals surface area contributed by atoms with E-state index in [1.807, 2.05) is 6.92 Å². The number of aliphatic hydroxyl groups is 1. The maximum absolute atomic E-state index is 14.4. The van der Waals surface area contributed by atoms with Crippen LogP contribution in [0.5, 0.6) is 11.5 Å². The highest BCUT2D eigenvalue weighted by Gasteiger charge is 2.20. The molecule has 1 saturated carbocycles. The van der Waals surface area contributed by atoms with Crippen molar-refractivity contribution in [3.63, 3.8) is 0 Å². The fourth-order valence-electron chi connectivity index (χ4n) is 3.16. The zero-order valence-corrected chi connectivity index (χ0v) is 16.1. The number of hydrogen-bond acceptors (Lipinski definition) is 4. The summed E-state index contributed by atoms with van der Waals surface area (Å²) in [6.45, 7) is 3.11. The van der Waals surface area contributed by atoms with Gasteiger partial charge in [0, 0.05) is 18.8 Å². The number of nitrogens with zero attached hydrogens (tertiary/aromatic N) is 2. The SMILES string of the molecule is CCNC(=NCc1ccc(Oc2cccnc2)c(F)c1)NC1CCC(O)CC1. The summed E-state index contributed by atoms with van der Waals surface area (Å²) in [6.07, 6.45) is 6.43. The van der Waals surface area contributed by atoms with E-state index >= 15 is 0 Å². The molecule has 0 saturated heterocycles. The zero-order chi connectivity index (χ0) is 19.8. The molecular weight excluding hydrogens is 359 g/mol. The predicted octanol–water partition coefficient (Wildman–Crippen LogP) is 3.37. The molecule has 1 aliphatic rings. The highest BCUT2D eigenvalue weighted by molar-refractivity contribution is 5.80. The molecule has 6 nitrogen and oxygen atoms in total. The van der Waals surface area contributed by atoms with Crippen molar-refractivity contribution < 1.29 is 14.2 Å². The van der Waals surface area contributed by atoms with Gasteiger partial charge < -0.3 is 20.5 Å². The molecule has 0 bridgehead atoms. The van der Waals surface area contributed by atoms with Crippen LogP contribution in [0, 0.1) is 5.82 Å². The summed E-state index contributed by atoms with van der Waals surface area (Å²) >= 11 is 0. The van der Waals surface area contributed by atoms with Crippen LogP contribution in [-0.2, 0) is 6.54 Å². The van der Waals surface area contributed by atoms with Crippen LogP contribution < -0.4 is 15.4 Å². The van der Waals surface area contributed by atoms with Crippen molar-refractivity contribution in [2.75, 3.05) is 6.54 Å². The highest BCUT2D eigenvalue weighted by Crippen LogP contribution is 2.24. The van der Waals surface area contributed by atoms with Crippen LogP contribution in [0.3, 0.4) is 0 Å². The van der Waals surface area contributed by atoms with Gasteiger partial charge in [-0.15, -0.1) is 0 Å². The van der Waals surface area contributed by atoms with Gasteiger partial charge in [-0.25, -0.2) is 9.38 Å². The van der Waals surface area contributed by atoms with Gasteiger partial charge in [-0.3, -0.25) is 4.98 Å². The Morgan fingerprint density at radius 1 is 1.29 bits per heavy atom. The Labute approximate surface area is 164 Å². The quantitative estimate of drug-likeness (QED) is 0.524. The lowest BCUT2D eigenvalue weighted by Crippen LogP contribution is -2.45. The summed E-state index contributed by atoms with van der Waals surface area (Å²) in [7, 11) is 0. The van der Waals surface area contributed by atoms with Gasteiger partial charge in [0.25, 0.3) is 0 Å². The summed E-state index contributed by atoms with van der Waals surface area (Å²) in [5.41, 5.74) is 0.757. The molecule has 0 unspecified atom stereocenters. The molecule has 0 amide bonds. The van der Waals surface area contributed by atoms with Gasteiger partial charge in [-0.05, 0) is 62.4 Å². The normalized spacial score (nSPS) is 19.9. The molecule has 0 aliphatic heterocycles. The number of benzene rings is 1. The standard InChI is InChI=1S/C21H27FN4O2/c1-2-24-21(26-16-6-8-17(27)9-7-16)25-13-15-5-10-20(19(22)12-15)28-18-4-3-11-23-14-18/h3-5,10-12,14,16-17,27H,2,6-9,13H2,1H3,(H2,24,25,26). The molecule has 150 valence electrons. The molecule has 28 heavy (non-hydrogen) atoms. The monoisotopic (exact) mass is 386 g/mol. The van der Waals surface area contributed by atoms with Crippen LogP contribution in [0.15, 0.2) is 47.7 Å². The first-order valence-corrected chi connectivity index (χ1v) is 9.73. The van der Waals surface area contributed by atoms with E-state index in [1.54, 1.807) is 30.5 Å². The number of pyridine rings is 1. The number of aromatic nitrogens is 1. The number of ether oxygens (including phenoxy) is 1. The predicted molar refractivity (Wildman–Crippen MR) is 107 cm³/mol. The number of halogens is 1. The van der Waals surface area contributed by atoms with E-state index in [9.17, 15) is 9.50 Å². The van der Waals surface area contributed by atoms with E-state index in [2.05, 4.69) is 20.6 Å². The Bertz CT molecular complexity index is 777. The van der Waals surface area contributed by atoms with Gasteiger partial charge in [0.2, 0.25) is 0 Å². The van der Waals surface area contributed by atoms with Crippen LogP contribution in [-0.4, -0.2) is 34.7 Å². The van der Waals surface area contributed by atoms with Crippen molar-refractivity contribution in [1.29, 1.82) is 0 Å². The first kappa shape index (κ1) is 20.1. The third kappa shape index (κ3) is 5.92. The summed E-state index contributed by atoms with van der Waals surface area (Å²) in [6, 6.07) is 8.61. The lowest BCUT2D eigenvalue weighted by molar-refractivity contribution is 0.120. The van der Waals surface area contributed by atoms with E-state index in [4.69, 9.17) is 4.74 Å². The topological polar surface area (TPSA) is 78.8 Å². The molecule has 1 heterocycles. The van der Waals surface area contributed by atoms with E-state index in [1.165, 1.54) is 12.3 Å². The third-order valence-corrected chi connectivity index (χ3v) is 4.66. The summed E-state index contributed by atoms with van der Waals surface area (Å²) in [4.78, 5) is 8.52. The maximum Gasteiger partial charge on any atom is 0.191 e. The van der Waals surface area contributed by atoms with Crippen molar-refractivity contribution in [3.05, 3.63) is 54.1 Å². The summed E-state index contributed by atoms with van der Waals surface area (Å²) < 4.78 is 19.9. The molecule has 2 aromatic rings. The molecular formula is C21H27FN4O2. The van der Waals surface area contributed by atoms with E-state index in [0.717, 1.165) is 37.8 Å². The van der Waals surface area contributed by atoms with Gasteiger partial charge in [-0.1, -0.05) is 6.07 Å². The van der Waals surface area contributed by atoms with Crippen molar-refractivity contribution in [2.24, 2.45) is 4.99 Å². The molecule has 1 aromatic carbocycles. The van der Waals surface area contributed by atoms with Crippen LogP contribution in [0.25, 0.3) is 0 Å². The van der Waals surface area contributed by atoms with Crippen LogP contribution >= 0.6 is 0 Å². The Hall–Kier alpha value is -2.67. The smallest absolute Gasteiger partial charge is 0.191 e. The Morgan fingerprint density at radius 3 is 2.79 bits per heavy atom. The first-order chi connectivity index (χ1) is 13.6.